The molecule has 0 radical (unpaired) electrons. The number of rotatable bonds is 0. The predicted molar refractivity (Wildman–Crippen MR) is 38.1 cm³/mol. The number of hydrogen-bond donors (Lipinski definition) is 1. The largest absolute Gasteiger partial charge is 0.325 e. The maximum absolute atomic E-state index is 6.16. The second-order valence-corrected chi connectivity index (χ2v) is 3.71. The van der Waals surface area contributed by atoms with Crippen LogP contribution in [0.25, 0.3) is 0 Å². The molecular weight excluding hydrogens is 110 g/mol. The lowest BCUT2D eigenvalue weighted by molar-refractivity contribution is 0.371. The zero-order valence-electron chi connectivity index (χ0n) is 5.90. The Labute approximate surface area is 56.6 Å². The molecule has 2 saturated carbocycles. The van der Waals surface area contributed by atoms with E-state index in [1.165, 1.54) is 38.5 Å². The van der Waals surface area contributed by atoms with Gasteiger partial charge in [0.15, 0.2) is 0 Å². The van der Waals surface area contributed by atoms with Crippen molar-refractivity contribution in [2.75, 3.05) is 0 Å². The lowest BCUT2D eigenvalue weighted by Gasteiger charge is -2.22. The molecule has 1 nitrogen and oxygen atoms in total. The molecule has 0 aromatic carbocycles. The van der Waals surface area contributed by atoms with Crippen LogP contribution < -0.4 is 5.73 Å². The van der Waals surface area contributed by atoms with E-state index in [1.54, 1.807) is 0 Å². The first-order valence-electron chi connectivity index (χ1n) is 4.10. The van der Waals surface area contributed by atoms with Crippen LogP contribution in [0, 0.1) is 5.92 Å². The van der Waals surface area contributed by atoms with Gasteiger partial charge in [-0.25, -0.2) is 0 Å². The molecule has 0 unspecified atom stereocenters. The Morgan fingerprint density at radius 2 is 1.67 bits per heavy atom. The van der Waals surface area contributed by atoms with E-state index in [2.05, 4.69) is 0 Å². The topological polar surface area (TPSA) is 26.0 Å². The Kier molecular flexibility index (Phi) is 1.10. The Bertz CT molecular complexity index is 110. The van der Waals surface area contributed by atoms with E-state index in [4.69, 9.17) is 5.73 Å². The first kappa shape index (κ1) is 5.72. The van der Waals surface area contributed by atoms with Gasteiger partial charge in [0.25, 0.3) is 0 Å². The van der Waals surface area contributed by atoms with Gasteiger partial charge in [0.2, 0.25) is 0 Å². The summed E-state index contributed by atoms with van der Waals surface area (Å²) in [4.78, 5) is 0. The van der Waals surface area contributed by atoms with Gasteiger partial charge in [0.05, 0.1) is 0 Å². The van der Waals surface area contributed by atoms with Gasteiger partial charge in [0.1, 0.15) is 0 Å². The van der Waals surface area contributed by atoms with E-state index in [9.17, 15) is 0 Å². The van der Waals surface area contributed by atoms with Gasteiger partial charge in [0, 0.05) is 5.54 Å². The zero-order valence-corrected chi connectivity index (χ0v) is 5.90. The molecular formula is C8H15N. The van der Waals surface area contributed by atoms with Gasteiger partial charge in [-0.15, -0.1) is 0 Å². The minimum absolute atomic E-state index is 0.306. The van der Waals surface area contributed by atoms with E-state index in [0.717, 1.165) is 5.92 Å². The third-order valence-electron chi connectivity index (χ3n) is 3.20. The molecule has 0 amide bonds. The van der Waals surface area contributed by atoms with Crippen molar-refractivity contribution < 1.29 is 0 Å². The van der Waals surface area contributed by atoms with Crippen LogP contribution in [0.1, 0.15) is 38.5 Å². The Balaban J connectivity index is 2.17. The van der Waals surface area contributed by atoms with Crippen molar-refractivity contribution in [3.8, 4) is 0 Å². The summed E-state index contributed by atoms with van der Waals surface area (Å²) in [7, 11) is 0. The Hall–Kier alpha value is -0.0400. The van der Waals surface area contributed by atoms with Crippen LogP contribution in [0.4, 0.5) is 0 Å². The van der Waals surface area contributed by atoms with Gasteiger partial charge in [-0.2, -0.15) is 0 Å². The molecule has 0 bridgehead atoms. The summed E-state index contributed by atoms with van der Waals surface area (Å²) in [5.41, 5.74) is 6.47. The molecule has 2 rings (SSSR count). The van der Waals surface area contributed by atoms with Crippen molar-refractivity contribution in [1.29, 1.82) is 0 Å². The highest BCUT2D eigenvalue weighted by molar-refractivity contribution is 5.00. The average molecular weight is 125 g/mol. The van der Waals surface area contributed by atoms with Crippen LogP contribution in [0.5, 0.6) is 0 Å². The van der Waals surface area contributed by atoms with Crippen molar-refractivity contribution >= 4 is 0 Å². The van der Waals surface area contributed by atoms with E-state index in [0.29, 0.717) is 5.54 Å². The number of hydrogen-bond acceptors (Lipinski definition) is 1. The molecule has 0 heterocycles. The van der Waals surface area contributed by atoms with Gasteiger partial charge in [-0.05, 0) is 31.6 Å². The van der Waals surface area contributed by atoms with Crippen molar-refractivity contribution in [3.05, 3.63) is 0 Å². The number of nitrogens with two attached hydrogens (primary N) is 1. The Morgan fingerprint density at radius 1 is 1.11 bits per heavy atom. The van der Waals surface area contributed by atoms with Crippen LogP contribution in [-0.4, -0.2) is 5.54 Å². The standard InChI is InChI=1S/C8H15N/c9-8-5-1-3-7(8)4-2-6-8/h7H,1-6,9H2. The maximum atomic E-state index is 6.16. The van der Waals surface area contributed by atoms with Crippen LogP contribution in [0.15, 0.2) is 0 Å². The predicted octanol–water partition coefficient (Wildman–Crippen LogP) is 1.67. The summed E-state index contributed by atoms with van der Waals surface area (Å²) >= 11 is 0. The van der Waals surface area contributed by atoms with Crippen LogP contribution >= 0.6 is 0 Å². The molecule has 2 aliphatic rings. The monoisotopic (exact) mass is 125 g/mol. The highest BCUT2D eigenvalue weighted by Crippen LogP contribution is 2.45. The van der Waals surface area contributed by atoms with Gasteiger partial charge >= 0.3 is 0 Å². The van der Waals surface area contributed by atoms with Crippen molar-refractivity contribution in [3.63, 3.8) is 0 Å². The quantitative estimate of drug-likeness (QED) is 0.523. The van der Waals surface area contributed by atoms with E-state index in [-0.39, 0.29) is 0 Å². The third kappa shape index (κ3) is 0.710. The summed E-state index contributed by atoms with van der Waals surface area (Å²) in [5, 5.41) is 0. The van der Waals surface area contributed by atoms with Crippen LogP contribution in [0.3, 0.4) is 0 Å². The lowest BCUT2D eigenvalue weighted by atomic mass is 9.92. The van der Waals surface area contributed by atoms with E-state index in [1.807, 2.05) is 0 Å². The molecule has 0 aromatic rings. The molecule has 0 saturated heterocycles. The second kappa shape index (κ2) is 1.72. The highest BCUT2D eigenvalue weighted by atomic mass is 14.8. The second-order valence-electron chi connectivity index (χ2n) is 3.71. The molecule has 0 aliphatic heterocycles. The van der Waals surface area contributed by atoms with Gasteiger partial charge < -0.3 is 5.73 Å². The lowest BCUT2D eigenvalue weighted by Crippen LogP contribution is -2.38. The fourth-order valence-corrected chi connectivity index (χ4v) is 2.61. The fourth-order valence-electron chi connectivity index (χ4n) is 2.61. The molecule has 52 valence electrons. The van der Waals surface area contributed by atoms with Crippen molar-refractivity contribution in [2.24, 2.45) is 11.7 Å². The summed E-state index contributed by atoms with van der Waals surface area (Å²) in [6.07, 6.45) is 8.21. The molecule has 0 aromatic heterocycles. The summed E-state index contributed by atoms with van der Waals surface area (Å²) in [6, 6.07) is 0. The number of fused-ring (bicyclic) bond motifs is 1. The third-order valence-corrected chi connectivity index (χ3v) is 3.20. The average Bonchev–Trinajstić information content (AvgIpc) is 2.22. The fraction of sp³-hybridized carbons (Fsp3) is 1.00. The smallest absolute Gasteiger partial charge is 0.0182 e. The van der Waals surface area contributed by atoms with E-state index < -0.39 is 0 Å². The SMILES string of the molecule is NC12CCCC1CCC2. The molecule has 1 heteroatoms. The minimum Gasteiger partial charge on any atom is -0.325 e. The van der Waals surface area contributed by atoms with Crippen LogP contribution in [0.2, 0.25) is 0 Å². The summed E-state index contributed by atoms with van der Waals surface area (Å²) in [5.74, 6) is 0.900. The molecule has 2 N–H and O–H groups in total. The minimum atomic E-state index is 0.306. The van der Waals surface area contributed by atoms with Gasteiger partial charge in [-0.1, -0.05) is 12.8 Å². The molecule has 2 aliphatic carbocycles. The highest BCUT2D eigenvalue weighted by Gasteiger charge is 2.42. The first-order chi connectivity index (χ1) is 4.31. The zero-order chi connectivity index (χ0) is 6.32. The molecule has 9 heavy (non-hydrogen) atoms. The van der Waals surface area contributed by atoms with Gasteiger partial charge in [-0.3, -0.25) is 0 Å². The van der Waals surface area contributed by atoms with Crippen LogP contribution in [-0.2, 0) is 0 Å². The molecule has 2 fully saturated rings. The first-order valence-corrected chi connectivity index (χ1v) is 4.10. The maximum Gasteiger partial charge on any atom is 0.0182 e. The summed E-state index contributed by atoms with van der Waals surface area (Å²) < 4.78 is 0. The van der Waals surface area contributed by atoms with Crippen molar-refractivity contribution in [2.45, 2.75) is 44.1 Å². The molecule has 0 atom stereocenters. The summed E-state index contributed by atoms with van der Waals surface area (Å²) in [6.45, 7) is 0. The molecule has 0 spiro atoms. The van der Waals surface area contributed by atoms with E-state index >= 15 is 0 Å². The Morgan fingerprint density at radius 3 is 2.11 bits per heavy atom. The normalized spacial score (nSPS) is 49.7. The van der Waals surface area contributed by atoms with Crippen molar-refractivity contribution in [1.82, 2.24) is 0 Å².